The van der Waals surface area contributed by atoms with Gasteiger partial charge in [0.15, 0.2) is 5.60 Å². The Labute approximate surface area is 108 Å². The molecule has 2 aliphatic rings. The van der Waals surface area contributed by atoms with E-state index in [9.17, 15) is 18.3 Å². The number of hydrogen-bond acceptors (Lipinski definition) is 3. The molecule has 0 bridgehead atoms. The molecule has 104 valence electrons. The van der Waals surface area contributed by atoms with Gasteiger partial charge in [0.25, 0.3) is 0 Å². The number of aliphatic hydroxyl groups is 1. The molecule has 0 amide bonds. The van der Waals surface area contributed by atoms with E-state index in [0.717, 1.165) is 5.56 Å². The number of benzene rings is 1. The Morgan fingerprint density at radius 2 is 2.11 bits per heavy atom. The predicted octanol–water partition coefficient (Wildman–Crippen LogP) is 2.25. The standard InChI is InChI=1S/C13H14F3NO2/c14-13(15,16)12(18)6-7-4-5-19-9-3-1-2-8(10(7)9)11(12)17/h1-3,7,11,18H,4-6,17H2. The molecule has 3 unspecified atom stereocenters. The first-order valence-corrected chi connectivity index (χ1v) is 6.15. The summed E-state index contributed by atoms with van der Waals surface area (Å²) in [7, 11) is 0. The lowest BCUT2D eigenvalue weighted by Gasteiger charge is -2.45. The van der Waals surface area contributed by atoms with Gasteiger partial charge in [-0.15, -0.1) is 0 Å². The maximum Gasteiger partial charge on any atom is 0.419 e. The molecule has 19 heavy (non-hydrogen) atoms. The largest absolute Gasteiger partial charge is 0.493 e. The highest BCUT2D eigenvalue weighted by atomic mass is 19.4. The van der Waals surface area contributed by atoms with Crippen LogP contribution in [0.5, 0.6) is 5.75 Å². The summed E-state index contributed by atoms with van der Waals surface area (Å²) in [5.41, 5.74) is 3.91. The maximum atomic E-state index is 13.1. The second-order valence-electron chi connectivity index (χ2n) is 5.20. The van der Waals surface area contributed by atoms with Crippen molar-refractivity contribution < 1.29 is 23.0 Å². The molecule has 6 heteroatoms. The number of hydrogen-bond donors (Lipinski definition) is 2. The third-order valence-electron chi connectivity index (χ3n) is 4.13. The zero-order chi connectivity index (χ0) is 13.8. The maximum absolute atomic E-state index is 13.1. The summed E-state index contributed by atoms with van der Waals surface area (Å²) in [6.45, 7) is 0.365. The van der Waals surface area contributed by atoms with Crippen LogP contribution in [-0.2, 0) is 0 Å². The highest BCUT2D eigenvalue weighted by Crippen LogP contribution is 2.54. The van der Waals surface area contributed by atoms with Crippen molar-refractivity contribution in [1.82, 2.24) is 0 Å². The smallest absolute Gasteiger partial charge is 0.419 e. The molecule has 3 atom stereocenters. The molecular weight excluding hydrogens is 259 g/mol. The van der Waals surface area contributed by atoms with Crippen LogP contribution in [0.2, 0.25) is 0 Å². The molecule has 1 aromatic carbocycles. The fourth-order valence-electron chi connectivity index (χ4n) is 3.11. The van der Waals surface area contributed by atoms with Crippen LogP contribution >= 0.6 is 0 Å². The second-order valence-corrected chi connectivity index (χ2v) is 5.20. The number of rotatable bonds is 0. The molecule has 3 nitrogen and oxygen atoms in total. The molecule has 0 saturated heterocycles. The van der Waals surface area contributed by atoms with E-state index in [0.29, 0.717) is 24.3 Å². The predicted molar refractivity (Wildman–Crippen MR) is 61.8 cm³/mol. The fraction of sp³-hybridized carbons (Fsp3) is 0.538. The quantitative estimate of drug-likeness (QED) is 0.762. The minimum absolute atomic E-state index is 0.341. The van der Waals surface area contributed by atoms with E-state index in [1.165, 1.54) is 0 Å². The van der Waals surface area contributed by atoms with Crippen LogP contribution in [0.3, 0.4) is 0 Å². The van der Waals surface area contributed by atoms with Crippen molar-refractivity contribution in [1.29, 1.82) is 0 Å². The lowest BCUT2D eigenvalue weighted by molar-refractivity contribution is -0.275. The molecule has 1 heterocycles. The molecule has 0 saturated carbocycles. The van der Waals surface area contributed by atoms with E-state index in [4.69, 9.17) is 10.5 Å². The summed E-state index contributed by atoms with van der Waals surface area (Å²) in [6.07, 6.45) is -4.67. The van der Waals surface area contributed by atoms with Gasteiger partial charge in [-0.05, 0) is 30.4 Å². The van der Waals surface area contributed by atoms with Gasteiger partial charge in [0.2, 0.25) is 0 Å². The monoisotopic (exact) mass is 273 g/mol. The summed E-state index contributed by atoms with van der Waals surface area (Å²) in [5.74, 6) is 0.236. The minimum Gasteiger partial charge on any atom is -0.493 e. The Morgan fingerprint density at radius 1 is 1.37 bits per heavy atom. The lowest BCUT2D eigenvalue weighted by atomic mass is 9.69. The average Bonchev–Trinajstić information content (AvgIpc) is 2.35. The number of alkyl halides is 3. The first-order valence-electron chi connectivity index (χ1n) is 6.15. The number of halogens is 3. The van der Waals surface area contributed by atoms with E-state index in [2.05, 4.69) is 0 Å². The van der Waals surface area contributed by atoms with Crippen LogP contribution in [0.4, 0.5) is 13.2 Å². The molecule has 0 fully saturated rings. The van der Waals surface area contributed by atoms with Crippen molar-refractivity contribution >= 4 is 0 Å². The molecule has 0 aromatic heterocycles. The van der Waals surface area contributed by atoms with E-state index in [1.807, 2.05) is 0 Å². The van der Waals surface area contributed by atoms with E-state index in [-0.39, 0.29) is 5.92 Å². The Balaban J connectivity index is 2.16. The van der Waals surface area contributed by atoms with Crippen LogP contribution in [0.15, 0.2) is 18.2 Å². The Bertz CT molecular complexity index is 517. The molecule has 3 rings (SSSR count). The van der Waals surface area contributed by atoms with Crippen molar-refractivity contribution in [2.75, 3.05) is 6.61 Å². The van der Waals surface area contributed by atoms with Gasteiger partial charge in [-0.2, -0.15) is 13.2 Å². The molecular formula is C13H14F3NO2. The van der Waals surface area contributed by atoms with Gasteiger partial charge in [0.05, 0.1) is 12.6 Å². The van der Waals surface area contributed by atoms with Gasteiger partial charge in [-0.25, -0.2) is 0 Å². The summed E-state index contributed by atoms with van der Waals surface area (Å²) in [4.78, 5) is 0. The van der Waals surface area contributed by atoms with Gasteiger partial charge in [0.1, 0.15) is 5.75 Å². The van der Waals surface area contributed by atoms with E-state index >= 15 is 0 Å². The summed E-state index contributed by atoms with van der Waals surface area (Å²) >= 11 is 0. The Hall–Kier alpha value is -1.27. The highest BCUT2D eigenvalue weighted by molar-refractivity contribution is 5.49. The lowest BCUT2D eigenvalue weighted by Crippen LogP contribution is -2.56. The van der Waals surface area contributed by atoms with Crippen LogP contribution < -0.4 is 10.5 Å². The van der Waals surface area contributed by atoms with Gasteiger partial charge in [0, 0.05) is 5.56 Å². The molecule has 1 aliphatic carbocycles. The molecule has 0 radical (unpaired) electrons. The third-order valence-corrected chi connectivity index (χ3v) is 4.13. The van der Waals surface area contributed by atoms with Crippen molar-refractivity contribution in [3.63, 3.8) is 0 Å². The molecule has 1 aliphatic heterocycles. The second kappa shape index (κ2) is 3.86. The van der Waals surface area contributed by atoms with Gasteiger partial charge < -0.3 is 15.6 Å². The summed E-state index contributed by atoms with van der Waals surface area (Å²) < 4.78 is 44.9. The van der Waals surface area contributed by atoms with Crippen LogP contribution in [0.25, 0.3) is 0 Å². The molecule has 1 aromatic rings. The van der Waals surface area contributed by atoms with Crippen LogP contribution in [-0.4, -0.2) is 23.5 Å². The fourth-order valence-corrected chi connectivity index (χ4v) is 3.11. The van der Waals surface area contributed by atoms with Gasteiger partial charge >= 0.3 is 6.18 Å². The number of ether oxygens (including phenoxy) is 1. The molecule has 0 spiro atoms. The zero-order valence-electron chi connectivity index (χ0n) is 10.1. The van der Waals surface area contributed by atoms with E-state index < -0.39 is 24.2 Å². The average molecular weight is 273 g/mol. The van der Waals surface area contributed by atoms with Crippen molar-refractivity contribution in [3.05, 3.63) is 29.3 Å². The zero-order valence-corrected chi connectivity index (χ0v) is 10.1. The minimum atomic E-state index is -4.74. The Kier molecular flexibility index (Phi) is 2.59. The summed E-state index contributed by atoms with van der Waals surface area (Å²) in [5, 5.41) is 10.0. The molecule has 3 N–H and O–H groups in total. The van der Waals surface area contributed by atoms with Crippen molar-refractivity contribution in [3.8, 4) is 5.75 Å². The number of nitrogens with two attached hydrogens (primary N) is 1. The van der Waals surface area contributed by atoms with Crippen LogP contribution in [0.1, 0.15) is 35.9 Å². The topological polar surface area (TPSA) is 55.5 Å². The first kappa shape index (κ1) is 12.7. The highest BCUT2D eigenvalue weighted by Gasteiger charge is 2.61. The van der Waals surface area contributed by atoms with Gasteiger partial charge in [-0.3, -0.25) is 0 Å². The van der Waals surface area contributed by atoms with E-state index in [1.54, 1.807) is 18.2 Å². The third kappa shape index (κ3) is 1.66. The first-order chi connectivity index (χ1) is 8.84. The van der Waals surface area contributed by atoms with Crippen molar-refractivity contribution in [2.45, 2.75) is 36.6 Å². The Morgan fingerprint density at radius 3 is 2.79 bits per heavy atom. The van der Waals surface area contributed by atoms with Gasteiger partial charge in [-0.1, -0.05) is 12.1 Å². The van der Waals surface area contributed by atoms with Crippen LogP contribution in [0, 0.1) is 0 Å². The normalized spacial score (nSPS) is 33.5. The van der Waals surface area contributed by atoms with Crippen molar-refractivity contribution in [2.24, 2.45) is 5.73 Å². The SMILES string of the molecule is NC1c2cccc3c2C(CCO3)CC1(O)C(F)(F)F. The summed E-state index contributed by atoms with van der Waals surface area (Å²) in [6, 6.07) is 3.41.